The number of nitrogens with zero attached hydrogens (tertiary/aromatic N) is 4. The van der Waals surface area contributed by atoms with Crippen molar-refractivity contribution in [3.63, 3.8) is 0 Å². The molecule has 0 aromatic heterocycles. The van der Waals surface area contributed by atoms with Crippen LogP contribution in [0.4, 0.5) is 13.2 Å². The van der Waals surface area contributed by atoms with Crippen LogP contribution in [0.15, 0.2) is 33.3 Å². The molecule has 0 spiro atoms. The van der Waals surface area contributed by atoms with Crippen LogP contribution in [0.3, 0.4) is 0 Å². The van der Waals surface area contributed by atoms with Gasteiger partial charge in [0.05, 0.1) is 6.61 Å². The zero-order valence-corrected chi connectivity index (χ0v) is 20.2. The van der Waals surface area contributed by atoms with Crippen LogP contribution in [0.25, 0.3) is 0 Å². The molecule has 2 fully saturated rings. The molecule has 3 atom stereocenters. The fraction of sp³-hybridized carbons (Fsp3) is 0.708. The molecular formula is C24H35F3N6O2. The van der Waals surface area contributed by atoms with Crippen LogP contribution >= 0.6 is 0 Å². The summed E-state index contributed by atoms with van der Waals surface area (Å²) in [5, 5.41) is 2.86. The maximum Gasteiger partial charge on any atom is 0.412 e. The number of allylic oxidation sites excluding steroid dienone is 1. The highest BCUT2D eigenvalue weighted by Crippen LogP contribution is 2.36. The number of amidine groups is 2. The topological polar surface area (TPSA) is 95.5 Å². The van der Waals surface area contributed by atoms with E-state index in [0.29, 0.717) is 31.8 Å². The predicted molar refractivity (Wildman–Crippen MR) is 128 cm³/mol. The number of hydrogen-bond acceptors (Lipinski definition) is 7. The van der Waals surface area contributed by atoms with Crippen molar-refractivity contribution >= 4 is 17.8 Å². The van der Waals surface area contributed by atoms with Crippen molar-refractivity contribution in [3.8, 4) is 0 Å². The van der Waals surface area contributed by atoms with Gasteiger partial charge in [-0.2, -0.15) is 18.2 Å². The quantitative estimate of drug-likeness (QED) is 0.529. The second kappa shape index (κ2) is 11.1. The minimum absolute atomic E-state index is 0.102. The highest BCUT2D eigenvalue weighted by atomic mass is 19.4. The largest absolute Gasteiger partial charge is 0.464 e. The average Bonchev–Trinajstić information content (AvgIpc) is 3.25. The Morgan fingerprint density at radius 2 is 2.03 bits per heavy atom. The first-order chi connectivity index (χ1) is 16.7. The molecule has 0 saturated carbocycles. The number of ether oxygens (including phenoxy) is 1. The van der Waals surface area contributed by atoms with E-state index in [-0.39, 0.29) is 36.5 Å². The number of hydrogen-bond donors (Lipinski definition) is 2. The molecule has 4 rings (SSSR count). The van der Waals surface area contributed by atoms with Gasteiger partial charge in [-0.15, -0.1) is 0 Å². The van der Waals surface area contributed by atoms with Crippen LogP contribution in [0, 0.1) is 5.92 Å². The first kappa shape index (κ1) is 25.7. The summed E-state index contributed by atoms with van der Waals surface area (Å²) in [5.74, 6) is -0.347. The smallest absolute Gasteiger partial charge is 0.412 e. The monoisotopic (exact) mass is 496 g/mol. The molecule has 0 aromatic rings. The lowest BCUT2D eigenvalue weighted by Crippen LogP contribution is -2.57. The molecule has 0 radical (unpaired) electrons. The van der Waals surface area contributed by atoms with Gasteiger partial charge < -0.3 is 15.8 Å². The number of carbonyl (C=O) groups excluding carboxylic acids is 1. The molecule has 0 bridgehead atoms. The number of amides is 1. The van der Waals surface area contributed by atoms with E-state index >= 15 is 0 Å². The van der Waals surface area contributed by atoms with Crippen LogP contribution in [0.1, 0.15) is 45.4 Å². The lowest BCUT2D eigenvalue weighted by molar-refractivity contribution is -0.121. The standard InChI is InChI=1S/C24H35F3N6O2/c1-2-3-10-35-23-30-21(28)20-22(31-23)33(9-6-19(34)29-20)15-17-11-16(14-32-7-4-5-8-32)12-18(13-17)24(25,26)27/h11-12,17,20,22H,2-10,13-15H2,1H3,(H,29,34)(H2,28,30,31). The molecule has 4 aliphatic rings. The van der Waals surface area contributed by atoms with Crippen molar-refractivity contribution in [1.82, 2.24) is 15.1 Å². The third-order valence-corrected chi connectivity index (χ3v) is 6.86. The minimum atomic E-state index is -4.37. The number of halogens is 3. The molecule has 3 unspecified atom stereocenters. The van der Waals surface area contributed by atoms with Crippen molar-refractivity contribution in [2.45, 2.75) is 63.8 Å². The molecule has 3 aliphatic heterocycles. The van der Waals surface area contributed by atoms with E-state index in [1.807, 2.05) is 17.9 Å². The Bertz CT molecular complexity index is 907. The number of nitrogens with one attached hydrogen (secondary N) is 1. The lowest BCUT2D eigenvalue weighted by Gasteiger charge is -2.36. The molecule has 3 N–H and O–H groups in total. The van der Waals surface area contributed by atoms with Gasteiger partial charge in [-0.3, -0.25) is 14.6 Å². The van der Waals surface area contributed by atoms with Crippen molar-refractivity contribution < 1.29 is 22.7 Å². The SMILES string of the molecule is CCCCOC1=NC2C(NC(=O)CCN2CC2C=C(CN3CCCC3)C=C(C(F)(F)F)C2)C(N)=N1. The van der Waals surface area contributed by atoms with Crippen LogP contribution < -0.4 is 11.1 Å². The third-order valence-electron chi connectivity index (χ3n) is 6.86. The Hall–Kier alpha value is -2.40. The van der Waals surface area contributed by atoms with Crippen LogP contribution in [-0.2, 0) is 9.53 Å². The Labute approximate surface area is 204 Å². The van der Waals surface area contributed by atoms with Gasteiger partial charge in [0, 0.05) is 31.6 Å². The summed E-state index contributed by atoms with van der Waals surface area (Å²) in [6.45, 7) is 5.52. The minimum Gasteiger partial charge on any atom is -0.464 e. The van der Waals surface area contributed by atoms with Gasteiger partial charge in [0.1, 0.15) is 18.0 Å². The van der Waals surface area contributed by atoms with Crippen molar-refractivity contribution in [1.29, 1.82) is 0 Å². The maximum atomic E-state index is 13.8. The van der Waals surface area contributed by atoms with Crippen molar-refractivity contribution in [3.05, 3.63) is 23.3 Å². The number of aliphatic imine (C=N–C) groups is 2. The van der Waals surface area contributed by atoms with Crippen LogP contribution in [0.2, 0.25) is 0 Å². The summed E-state index contributed by atoms with van der Waals surface area (Å²) in [6.07, 6.45) is 2.37. The van der Waals surface area contributed by atoms with E-state index in [4.69, 9.17) is 10.5 Å². The molecule has 3 heterocycles. The van der Waals surface area contributed by atoms with Gasteiger partial charge in [-0.05, 0) is 56.3 Å². The number of alkyl halides is 3. The first-order valence-electron chi connectivity index (χ1n) is 12.5. The van der Waals surface area contributed by atoms with Gasteiger partial charge in [-0.25, -0.2) is 4.99 Å². The highest BCUT2D eigenvalue weighted by molar-refractivity contribution is 6.00. The van der Waals surface area contributed by atoms with Gasteiger partial charge in [0.15, 0.2) is 0 Å². The van der Waals surface area contributed by atoms with E-state index in [1.54, 1.807) is 0 Å². The molecule has 1 amide bonds. The summed E-state index contributed by atoms with van der Waals surface area (Å²) in [6, 6.07) is -0.485. The van der Waals surface area contributed by atoms with Gasteiger partial charge in [0.25, 0.3) is 0 Å². The Morgan fingerprint density at radius 1 is 1.26 bits per heavy atom. The summed E-state index contributed by atoms with van der Waals surface area (Å²) in [5.41, 5.74) is 6.37. The summed E-state index contributed by atoms with van der Waals surface area (Å²) in [4.78, 5) is 25.3. The van der Waals surface area contributed by atoms with Crippen molar-refractivity contribution in [2.24, 2.45) is 21.6 Å². The van der Waals surface area contributed by atoms with Gasteiger partial charge in [-0.1, -0.05) is 19.4 Å². The second-order valence-corrected chi connectivity index (χ2v) is 9.71. The predicted octanol–water partition coefficient (Wildman–Crippen LogP) is 2.58. The van der Waals surface area contributed by atoms with Crippen LogP contribution in [-0.4, -0.2) is 85.3 Å². The van der Waals surface area contributed by atoms with Gasteiger partial charge in [0.2, 0.25) is 5.91 Å². The molecule has 1 aliphatic carbocycles. The molecule has 35 heavy (non-hydrogen) atoms. The van der Waals surface area contributed by atoms with E-state index < -0.39 is 24.0 Å². The number of fused-ring (bicyclic) bond motifs is 1. The van der Waals surface area contributed by atoms with E-state index in [9.17, 15) is 18.0 Å². The zero-order chi connectivity index (χ0) is 25.0. The molecular weight excluding hydrogens is 461 g/mol. The normalized spacial score (nSPS) is 28.3. The maximum absolute atomic E-state index is 13.8. The number of nitrogens with two attached hydrogens (primary N) is 1. The van der Waals surface area contributed by atoms with E-state index in [1.165, 1.54) is 6.08 Å². The average molecular weight is 497 g/mol. The van der Waals surface area contributed by atoms with E-state index in [0.717, 1.165) is 38.8 Å². The highest BCUT2D eigenvalue weighted by Gasteiger charge is 2.41. The van der Waals surface area contributed by atoms with Crippen molar-refractivity contribution in [2.75, 3.05) is 39.3 Å². The fourth-order valence-corrected chi connectivity index (χ4v) is 5.08. The third kappa shape index (κ3) is 6.63. The molecule has 194 valence electrons. The Kier molecular flexibility index (Phi) is 8.16. The summed E-state index contributed by atoms with van der Waals surface area (Å²) >= 11 is 0. The summed E-state index contributed by atoms with van der Waals surface area (Å²) in [7, 11) is 0. The second-order valence-electron chi connectivity index (χ2n) is 9.71. The summed E-state index contributed by atoms with van der Waals surface area (Å²) < 4.78 is 47.0. The number of unbranched alkanes of at least 4 members (excludes halogenated alkanes) is 1. The Morgan fingerprint density at radius 3 is 2.74 bits per heavy atom. The molecule has 0 aromatic carbocycles. The zero-order valence-electron chi connectivity index (χ0n) is 20.2. The number of likely N-dealkylation sites (tertiary alicyclic amines) is 1. The molecule has 11 heteroatoms. The first-order valence-corrected chi connectivity index (χ1v) is 12.5. The number of rotatable bonds is 7. The van der Waals surface area contributed by atoms with Gasteiger partial charge >= 0.3 is 12.2 Å². The number of carbonyl (C=O) groups is 1. The van der Waals surface area contributed by atoms with E-state index in [2.05, 4.69) is 20.2 Å². The molecule has 8 nitrogen and oxygen atoms in total. The molecule has 2 saturated heterocycles. The van der Waals surface area contributed by atoms with Crippen LogP contribution in [0.5, 0.6) is 0 Å². The lowest BCUT2D eigenvalue weighted by atomic mass is 9.89. The Balaban J connectivity index is 1.54. The fourth-order valence-electron chi connectivity index (χ4n) is 5.08.